The number of aryl methyl sites for hydroxylation is 2. The summed E-state index contributed by atoms with van der Waals surface area (Å²) in [5.41, 5.74) is 4.79. The molecule has 0 spiro atoms. The van der Waals surface area contributed by atoms with Crippen LogP contribution in [-0.2, 0) is 7.05 Å². The smallest absolute Gasteiger partial charge is 0.277 e. The van der Waals surface area contributed by atoms with Gasteiger partial charge in [-0.2, -0.15) is 0 Å². The highest BCUT2D eigenvalue weighted by Crippen LogP contribution is 2.23. The first-order chi connectivity index (χ1) is 12.1. The van der Waals surface area contributed by atoms with E-state index in [0.29, 0.717) is 5.69 Å². The Hall–Kier alpha value is -3.48. The van der Waals surface area contributed by atoms with Gasteiger partial charge in [0.25, 0.3) is 5.91 Å². The van der Waals surface area contributed by atoms with Crippen LogP contribution in [0.3, 0.4) is 0 Å². The van der Waals surface area contributed by atoms with Gasteiger partial charge in [-0.25, -0.2) is 4.98 Å². The topological polar surface area (TPSA) is 77.1 Å². The molecule has 7 nitrogen and oxygen atoms in total. The third kappa shape index (κ3) is 2.99. The number of hydrogen-bond donors (Lipinski definition) is 1. The zero-order chi connectivity index (χ0) is 17.4. The van der Waals surface area contributed by atoms with Crippen LogP contribution in [0.2, 0.25) is 0 Å². The van der Waals surface area contributed by atoms with Crippen molar-refractivity contribution in [2.24, 2.45) is 7.05 Å². The summed E-state index contributed by atoms with van der Waals surface area (Å²) in [4.78, 5) is 16.9. The van der Waals surface area contributed by atoms with E-state index in [2.05, 4.69) is 20.6 Å². The molecule has 0 aliphatic heterocycles. The van der Waals surface area contributed by atoms with E-state index in [-0.39, 0.29) is 11.6 Å². The number of rotatable bonds is 3. The van der Waals surface area contributed by atoms with Gasteiger partial charge in [0.2, 0.25) is 0 Å². The second-order valence-corrected chi connectivity index (χ2v) is 5.91. The molecule has 7 heteroatoms. The van der Waals surface area contributed by atoms with E-state index in [1.165, 1.54) is 4.68 Å². The van der Waals surface area contributed by atoms with Crippen LogP contribution >= 0.6 is 0 Å². The Kier molecular flexibility index (Phi) is 3.53. The number of nitrogens with one attached hydrogen (secondary N) is 1. The number of hydrogen-bond acceptors (Lipinski definition) is 4. The maximum atomic E-state index is 12.2. The molecule has 1 amide bonds. The van der Waals surface area contributed by atoms with Crippen molar-refractivity contribution in [1.29, 1.82) is 0 Å². The lowest BCUT2D eigenvalue weighted by atomic mass is 10.1. The Bertz CT molecular complexity index is 1080. The molecule has 0 saturated heterocycles. The maximum absolute atomic E-state index is 12.2. The van der Waals surface area contributed by atoms with Gasteiger partial charge in [-0.05, 0) is 36.8 Å². The number of carbonyl (C=O) groups excluding carboxylic acids is 1. The van der Waals surface area contributed by atoms with E-state index in [1.54, 1.807) is 13.2 Å². The molecule has 0 radical (unpaired) electrons. The van der Waals surface area contributed by atoms with E-state index in [9.17, 15) is 4.79 Å². The number of amides is 1. The fourth-order valence-electron chi connectivity index (χ4n) is 2.63. The average molecular weight is 332 g/mol. The van der Waals surface area contributed by atoms with Gasteiger partial charge >= 0.3 is 0 Å². The predicted molar refractivity (Wildman–Crippen MR) is 94.3 cm³/mol. The minimum absolute atomic E-state index is 0.274. The van der Waals surface area contributed by atoms with Gasteiger partial charge in [0.05, 0.1) is 11.9 Å². The van der Waals surface area contributed by atoms with Crippen LogP contribution in [0, 0.1) is 6.92 Å². The van der Waals surface area contributed by atoms with Gasteiger partial charge in [-0.15, -0.1) is 5.10 Å². The molecule has 4 aromatic rings. The van der Waals surface area contributed by atoms with Crippen molar-refractivity contribution in [3.05, 3.63) is 66.2 Å². The summed E-state index contributed by atoms with van der Waals surface area (Å²) in [6.45, 7) is 2.04. The molecule has 0 bridgehead atoms. The first kappa shape index (κ1) is 15.1. The minimum Gasteiger partial charge on any atom is -0.321 e. The van der Waals surface area contributed by atoms with Crippen molar-refractivity contribution < 1.29 is 4.79 Å². The van der Waals surface area contributed by atoms with Crippen LogP contribution in [0.5, 0.6) is 0 Å². The molecule has 1 N–H and O–H groups in total. The fourth-order valence-corrected chi connectivity index (χ4v) is 2.63. The SMILES string of the molecule is Cc1ccn2cc(-c3cccc(NC(=O)c4cn(C)nn4)c3)nc2c1. The number of carbonyl (C=O) groups is 1. The lowest BCUT2D eigenvalue weighted by molar-refractivity contribution is 0.102. The summed E-state index contributed by atoms with van der Waals surface area (Å²) < 4.78 is 3.47. The van der Waals surface area contributed by atoms with Crippen LogP contribution in [0.15, 0.2) is 55.0 Å². The van der Waals surface area contributed by atoms with E-state index in [1.807, 2.05) is 60.1 Å². The molecular weight excluding hydrogens is 316 g/mol. The summed E-state index contributed by atoms with van der Waals surface area (Å²) in [5.74, 6) is -0.295. The molecule has 25 heavy (non-hydrogen) atoms. The van der Waals surface area contributed by atoms with Gasteiger partial charge in [-0.3, -0.25) is 9.48 Å². The fraction of sp³-hybridized carbons (Fsp3) is 0.111. The Morgan fingerprint density at radius 3 is 2.84 bits per heavy atom. The van der Waals surface area contributed by atoms with Crippen LogP contribution in [0.25, 0.3) is 16.9 Å². The highest BCUT2D eigenvalue weighted by molar-refractivity contribution is 6.02. The molecule has 0 fully saturated rings. The number of nitrogens with zero attached hydrogens (tertiary/aromatic N) is 5. The Morgan fingerprint density at radius 2 is 2.04 bits per heavy atom. The Labute approximate surface area is 143 Å². The van der Waals surface area contributed by atoms with Crippen molar-refractivity contribution in [1.82, 2.24) is 24.4 Å². The van der Waals surface area contributed by atoms with Gasteiger partial charge < -0.3 is 9.72 Å². The minimum atomic E-state index is -0.295. The highest BCUT2D eigenvalue weighted by Gasteiger charge is 2.11. The maximum Gasteiger partial charge on any atom is 0.277 e. The molecule has 3 aromatic heterocycles. The molecule has 0 atom stereocenters. The first-order valence-corrected chi connectivity index (χ1v) is 7.82. The molecule has 0 aliphatic carbocycles. The molecule has 3 heterocycles. The number of imidazole rings is 1. The van der Waals surface area contributed by atoms with Crippen molar-refractivity contribution in [3.8, 4) is 11.3 Å². The summed E-state index contributed by atoms with van der Waals surface area (Å²) in [5, 5.41) is 10.4. The normalized spacial score (nSPS) is 11.0. The quantitative estimate of drug-likeness (QED) is 0.626. The van der Waals surface area contributed by atoms with Gasteiger partial charge in [0.1, 0.15) is 5.65 Å². The van der Waals surface area contributed by atoms with E-state index < -0.39 is 0 Å². The van der Waals surface area contributed by atoms with E-state index >= 15 is 0 Å². The lowest BCUT2D eigenvalue weighted by Gasteiger charge is -2.04. The Morgan fingerprint density at radius 1 is 1.16 bits per heavy atom. The third-order valence-corrected chi connectivity index (χ3v) is 3.87. The van der Waals surface area contributed by atoms with Crippen LogP contribution in [-0.4, -0.2) is 30.3 Å². The average Bonchev–Trinajstić information content (AvgIpc) is 3.21. The molecule has 1 aromatic carbocycles. The van der Waals surface area contributed by atoms with E-state index in [4.69, 9.17) is 0 Å². The lowest BCUT2D eigenvalue weighted by Crippen LogP contribution is -2.12. The standard InChI is InChI=1S/C18H16N6O/c1-12-6-7-24-11-15(20-17(24)8-12)13-4-3-5-14(9-13)19-18(25)16-10-23(2)22-21-16/h3-11H,1-2H3,(H,19,25). The summed E-state index contributed by atoms with van der Waals surface area (Å²) >= 11 is 0. The molecule has 0 unspecified atom stereocenters. The number of pyridine rings is 1. The third-order valence-electron chi connectivity index (χ3n) is 3.87. The second-order valence-electron chi connectivity index (χ2n) is 5.91. The summed E-state index contributed by atoms with van der Waals surface area (Å²) in [6, 6.07) is 11.6. The highest BCUT2D eigenvalue weighted by atomic mass is 16.2. The number of aromatic nitrogens is 5. The summed E-state index contributed by atoms with van der Waals surface area (Å²) in [6.07, 6.45) is 5.53. The summed E-state index contributed by atoms with van der Waals surface area (Å²) in [7, 11) is 1.72. The number of fused-ring (bicyclic) bond motifs is 1. The van der Waals surface area contributed by atoms with Crippen molar-refractivity contribution in [2.75, 3.05) is 5.32 Å². The Balaban J connectivity index is 1.63. The second kappa shape index (κ2) is 5.86. The van der Waals surface area contributed by atoms with Gasteiger partial charge in [0, 0.05) is 30.7 Å². The van der Waals surface area contributed by atoms with Crippen LogP contribution in [0.4, 0.5) is 5.69 Å². The van der Waals surface area contributed by atoms with Crippen LogP contribution < -0.4 is 5.32 Å². The number of benzene rings is 1. The molecule has 0 aliphatic rings. The van der Waals surface area contributed by atoms with Crippen molar-refractivity contribution in [3.63, 3.8) is 0 Å². The van der Waals surface area contributed by atoms with Crippen molar-refractivity contribution >= 4 is 17.2 Å². The van der Waals surface area contributed by atoms with Gasteiger partial charge in [-0.1, -0.05) is 17.3 Å². The predicted octanol–water partition coefficient (Wildman–Crippen LogP) is 2.69. The molecular formula is C18H16N6O. The monoisotopic (exact) mass is 332 g/mol. The van der Waals surface area contributed by atoms with Crippen molar-refractivity contribution in [2.45, 2.75) is 6.92 Å². The largest absolute Gasteiger partial charge is 0.321 e. The van der Waals surface area contributed by atoms with Crippen LogP contribution in [0.1, 0.15) is 16.1 Å². The van der Waals surface area contributed by atoms with E-state index in [0.717, 1.165) is 22.5 Å². The first-order valence-electron chi connectivity index (χ1n) is 7.82. The zero-order valence-electron chi connectivity index (χ0n) is 13.8. The molecule has 4 rings (SSSR count). The molecule has 0 saturated carbocycles. The van der Waals surface area contributed by atoms with Gasteiger partial charge in [0.15, 0.2) is 5.69 Å². The zero-order valence-corrected chi connectivity index (χ0v) is 13.8. The number of anilines is 1. The molecule has 124 valence electrons.